The van der Waals surface area contributed by atoms with E-state index < -0.39 is 0 Å². The maximum atomic E-state index is 12.0. The van der Waals surface area contributed by atoms with Crippen LogP contribution in [0.2, 0.25) is 0 Å². The summed E-state index contributed by atoms with van der Waals surface area (Å²) in [5.41, 5.74) is 1.87. The number of hydrogen-bond donors (Lipinski definition) is 2. The van der Waals surface area contributed by atoms with Crippen molar-refractivity contribution in [2.75, 3.05) is 11.9 Å². The molecule has 3 rings (SSSR count). The molecule has 0 radical (unpaired) electrons. The first-order valence-electron chi connectivity index (χ1n) is 6.14. The van der Waals surface area contributed by atoms with Crippen molar-refractivity contribution in [3.63, 3.8) is 0 Å². The van der Waals surface area contributed by atoms with Gasteiger partial charge in [0.2, 0.25) is 5.91 Å². The minimum Gasteiger partial charge on any atom is -0.324 e. The number of halogens is 1. The number of anilines is 1. The van der Waals surface area contributed by atoms with Gasteiger partial charge in [0.15, 0.2) is 4.34 Å². The molecule has 0 saturated carbocycles. The number of aromatic nitrogens is 1. The first-order valence-corrected chi connectivity index (χ1v) is 8.63. The first-order chi connectivity index (χ1) is 9.69. The molecule has 1 atom stereocenters. The summed E-state index contributed by atoms with van der Waals surface area (Å²) in [6.45, 7) is 2.75. The number of benzene rings is 1. The Bertz CT molecular complexity index is 645. The fourth-order valence-corrected chi connectivity index (χ4v) is 4.33. The second-order valence-corrected chi connectivity index (χ2v) is 7.29. The van der Waals surface area contributed by atoms with Crippen molar-refractivity contribution in [2.24, 2.45) is 0 Å². The first kappa shape index (κ1) is 14.1. The van der Waals surface area contributed by atoms with Gasteiger partial charge in [-0.1, -0.05) is 18.7 Å². The number of thiazole rings is 1. The Morgan fingerprint density at radius 2 is 2.40 bits per heavy atom. The molecule has 1 unspecified atom stereocenters. The average Bonchev–Trinajstić information content (AvgIpc) is 3.01. The highest BCUT2D eigenvalue weighted by molar-refractivity contribution is 9.10. The molecular formula is C13H12BrN3OS2. The Labute approximate surface area is 133 Å². The van der Waals surface area contributed by atoms with E-state index in [9.17, 15) is 4.79 Å². The number of rotatable bonds is 4. The molecular weight excluding hydrogens is 358 g/mol. The van der Waals surface area contributed by atoms with Crippen molar-refractivity contribution in [2.45, 2.75) is 22.2 Å². The van der Waals surface area contributed by atoms with Gasteiger partial charge in [0, 0.05) is 32.2 Å². The molecule has 0 aliphatic carbocycles. The van der Waals surface area contributed by atoms with Crippen molar-refractivity contribution in [3.05, 3.63) is 33.7 Å². The SMILES string of the molecule is CCNC1C(=O)Nc2cc(Sc3nccs3)c(Br)cc21. The van der Waals surface area contributed by atoms with E-state index in [0.29, 0.717) is 0 Å². The van der Waals surface area contributed by atoms with Crippen LogP contribution in [-0.2, 0) is 4.79 Å². The van der Waals surface area contributed by atoms with E-state index >= 15 is 0 Å². The lowest BCUT2D eigenvalue weighted by Gasteiger charge is -2.10. The minimum absolute atomic E-state index is 0.00477. The molecule has 1 aliphatic rings. The molecule has 0 spiro atoms. The predicted molar refractivity (Wildman–Crippen MR) is 85.4 cm³/mol. The van der Waals surface area contributed by atoms with E-state index in [0.717, 1.165) is 31.5 Å². The van der Waals surface area contributed by atoms with Crippen molar-refractivity contribution >= 4 is 50.6 Å². The van der Waals surface area contributed by atoms with Gasteiger partial charge < -0.3 is 10.6 Å². The maximum absolute atomic E-state index is 12.0. The van der Waals surface area contributed by atoms with Gasteiger partial charge in [0.25, 0.3) is 0 Å². The summed E-state index contributed by atoms with van der Waals surface area (Å²) in [5.74, 6) is 0.00477. The molecule has 7 heteroatoms. The highest BCUT2D eigenvalue weighted by atomic mass is 79.9. The summed E-state index contributed by atoms with van der Waals surface area (Å²) < 4.78 is 1.97. The van der Waals surface area contributed by atoms with Crippen LogP contribution in [0.4, 0.5) is 5.69 Å². The van der Waals surface area contributed by atoms with Gasteiger partial charge in [0.1, 0.15) is 6.04 Å². The fraction of sp³-hybridized carbons (Fsp3) is 0.231. The van der Waals surface area contributed by atoms with Gasteiger partial charge >= 0.3 is 0 Å². The molecule has 4 nitrogen and oxygen atoms in total. The van der Waals surface area contributed by atoms with Crippen molar-refractivity contribution in [1.82, 2.24) is 10.3 Å². The van der Waals surface area contributed by atoms with Crippen LogP contribution in [0.25, 0.3) is 0 Å². The zero-order valence-corrected chi connectivity index (χ0v) is 13.9. The summed E-state index contributed by atoms with van der Waals surface area (Å²) in [5, 5.41) is 8.07. The maximum Gasteiger partial charge on any atom is 0.246 e. The third-order valence-corrected chi connectivity index (χ3v) is 5.81. The molecule has 20 heavy (non-hydrogen) atoms. The molecule has 1 amide bonds. The number of nitrogens with zero attached hydrogens (tertiary/aromatic N) is 1. The number of amides is 1. The standard InChI is InChI=1S/C13H12BrN3OS2/c1-2-15-11-7-5-8(14)10(6-9(7)17-12(11)18)20-13-16-3-4-19-13/h3-6,11,15H,2H2,1H3,(H,17,18). The van der Waals surface area contributed by atoms with E-state index in [2.05, 4.69) is 31.5 Å². The quantitative estimate of drug-likeness (QED) is 0.863. The van der Waals surface area contributed by atoms with E-state index in [1.807, 2.05) is 24.4 Å². The molecule has 1 aromatic heterocycles. The monoisotopic (exact) mass is 369 g/mol. The van der Waals surface area contributed by atoms with Crippen molar-refractivity contribution in [1.29, 1.82) is 0 Å². The summed E-state index contributed by atoms with van der Waals surface area (Å²) in [6.07, 6.45) is 1.79. The van der Waals surface area contributed by atoms with Gasteiger partial charge in [-0.05, 0) is 34.6 Å². The highest BCUT2D eigenvalue weighted by Crippen LogP contribution is 2.41. The second-order valence-electron chi connectivity index (χ2n) is 4.25. The third kappa shape index (κ3) is 2.63. The van der Waals surface area contributed by atoms with Crippen LogP contribution in [0.1, 0.15) is 18.5 Å². The lowest BCUT2D eigenvalue weighted by atomic mass is 10.1. The molecule has 2 aromatic rings. The van der Waals surface area contributed by atoms with Crippen molar-refractivity contribution in [3.8, 4) is 0 Å². The van der Waals surface area contributed by atoms with Crippen LogP contribution in [-0.4, -0.2) is 17.4 Å². The Morgan fingerprint density at radius 1 is 1.55 bits per heavy atom. The molecule has 0 fully saturated rings. The predicted octanol–water partition coefficient (Wildman–Crippen LogP) is 3.66. The van der Waals surface area contributed by atoms with Crippen LogP contribution >= 0.6 is 39.0 Å². The number of fused-ring (bicyclic) bond motifs is 1. The topological polar surface area (TPSA) is 54.0 Å². The minimum atomic E-state index is -0.259. The number of hydrogen-bond acceptors (Lipinski definition) is 5. The van der Waals surface area contributed by atoms with E-state index in [1.165, 1.54) is 0 Å². The largest absolute Gasteiger partial charge is 0.324 e. The molecule has 0 saturated heterocycles. The Hall–Kier alpha value is -0.890. The Kier molecular flexibility index (Phi) is 4.11. The Balaban J connectivity index is 1.93. The van der Waals surface area contributed by atoms with Crippen LogP contribution in [0.15, 0.2) is 37.4 Å². The van der Waals surface area contributed by atoms with Crippen LogP contribution in [0, 0.1) is 0 Å². The Morgan fingerprint density at radius 3 is 3.10 bits per heavy atom. The summed E-state index contributed by atoms with van der Waals surface area (Å²) >= 11 is 6.78. The van der Waals surface area contributed by atoms with E-state index in [-0.39, 0.29) is 11.9 Å². The van der Waals surface area contributed by atoms with E-state index in [1.54, 1.807) is 29.3 Å². The smallest absolute Gasteiger partial charge is 0.246 e. The number of nitrogens with one attached hydrogen (secondary N) is 2. The van der Waals surface area contributed by atoms with Gasteiger partial charge in [-0.3, -0.25) is 4.79 Å². The van der Waals surface area contributed by atoms with Gasteiger partial charge in [0.05, 0.1) is 0 Å². The summed E-state index contributed by atoms with van der Waals surface area (Å²) in [7, 11) is 0. The molecule has 0 bridgehead atoms. The lowest BCUT2D eigenvalue weighted by molar-refractivity contribution is -0.117. The van der Waals surface area contributed by atoms with Crippen LogP contribution < -0.4 is 10.6 Å². The summed E-state index contributed by atoms with van der Waals surface area (Å²) in [4.78, 5) is 17.3. The normalized spacial score (nSPS) is 17.1. The van der Waals surface area contributed by atoms with Crippen LogP contribution in [0.3, 0.4) is 0 Å². The molecule has 1 aromatic carbocycles. The average molecular weight is 370 g/mol. The molecule has 2 N–H and O–H groups in total. The molecule has 104 valence electrons. The van der Waals surface area contributed by atoms with Gasteiger partial charge in [-0.25, -0.2) is 4.98 Å². The zero-order chi connectivity index (χ0) is 14.1. The number of carbonyl (C=O) groups is 1. The fourth-order valence-electron chi connectivity index (χ4n) is 2.10. The van der Waals surface area contributed by atoms with Crippen molar-refractivity contribution < 1.29 is 4.79 Å². The molecule has 2 heterocycles. The molecule has 1 aliphatic heterocycles. The van der Waals surface area contributed by atoms with Crippen LogP contribution in [0.5, 0.6) is 0 Å². The number of carbonyl (C=O) groups excluding carboxylic acids is 1. The highest BCUT2D eigenvalue weighted by Gasteiger charge is 2.30. The zero-order valence-electron chi connectivity index (χ0n) is 10.6. The third-order valence-electron chi connectivity index (χ3n) is 2.95. The number of likely N-dealkylation sites (N-methyl/N-ethyl adjacent to an activating group) is 1. The lowest BCUT2D eigenvalue weighted by Crippen LogP contribution is -2.27. The second kappa shape index (κ2) is 5.85. The van der Waals surface area contributed by atoms with Gasteiger partial charge in [-0.2, -0.15) is 0 Å². The summed E-state index contributed by atoms with van der Waals surface area (Å²) in [6, 6.07) is 3.75. The van der Waals surface area contributed by atoms with Gasteiger partial charge in [-0.15, -0.1) is 11.3 Å². The van der Waals surface area contributed by atoms with E-state index in [4.69, 9.17) is 0 Å².